The molecular weight excluding hydrogens is 467 g/mol. The number of nitrogens with zero attached hydrogens (tertiary/aromatic N) is 4. The van der Waals surface area contributed by atoms with Gasteiger partial charge in [-0.3, -0.25) is 9.69 Å². The molecule has 0 aromatic heterocycles. The molecule has 6 nitrogen and oxygen atoms in total. The average molecular weight is 501 g/mol. The van der Waals surface area contributed by atoms with Crippen LogP contribution < -0.4 is 9.64 Å². The lowest BCUT2D eigenvalue weighted by molar-refractivity contribution is -0.134. The second kappa shape index (κ2) is 10.7. The van der Waals surface area contributed by atoms with E-state index in [1.54, 1.807) is 18.2 Å². The smallest absolute Gasteiger partial charge is 0.257 e. The van der Waals surface area contributed by atoms with Crippen LogP contribution in [0.1, 0.15) is 34.7 Å². The summed E-state index contributed by atoms with van der Waals surface area (Å²) in [6.45, 7) is 7.14. The van der Waals surface area contributed by atoms with Crippen molar-refractivity contribution >= 4 is 17.3 Å². The number of rotatable bonds is 6. The Morgan fingerprint density at radius 1 is 1.00 bits per heavy atom. The van der Waals surface area contributed by atoms with Gasteiger partial charge in [-0.25, -0.2) is 9.40 Å². The molecule has 0 aliphatic carbocycles. The maximum atomic E-state index is 14.2. The second-order valence-electron chi connectivity index (χ2n) is 9.81. The molecule has 2 aliphatic rings. The van der Waals surface area contributed by atoms with Gasteiger partial charge in [0, 0.05) is 38.2 Å². The number of hydrazone groups is 1. The molecule has 0 saturated carbocycles. The molecule has 1 fully saturated rings. The minimum atomic E-state index is -0.210. The van der Waals surface area contributed by atoms with Gasteiger partial charge in [0.05, 0.1) is 31.1 Å². The van der Waals surface area contributed by atoms with Crippen LogP contribution >= 0.6 is 0 Å². The highest BCUT2D eigenvalue weighted by atomic mass is 19.1. The molecule has 0 unspecified atom stereocenters. The Balaban J connectivity index is 1.35. The first-order chi connectivity index (χ1) is 17.9. The summed E-state index contributed by atoms with van der Waals surface area (Å²) in [7, 11) is 1.65. The molecule has 5 rings (SSSR count). The highest BCUT2D eigenvalue weighted by Crippen LogP contribution is 2.35. The quantitative estimate of drug-likeness (QED) is 0.481. The van der Waals surface area contributed by atoms with Crippen molar-refractivity contribution in [2.75, 3.05) is 44.7 Å². The molecule has 1 atom stereocenters. The number of piperazine rings is 1. The van der Waals surface area contributed by atoms with Crippen LogP contribution in [0.4, 0.5) is 10.1 Å². The number of benzene rings is 3. The van der Waals surface area contributed by atoms with Gasteiger partial charge in [0.25, 0.3) is 5.91 Å². The number of anilines is 1. The summed E-state index contributed by atoms with van der Waals surface area (Å²) in [6, 6.07) is 20.9. The lowest BCUT2D eigenvalue weighted by Crippen LogP contribution is -2.49. The zero-order valence-corrected chi connectivity index (χ0v) is 21.7. The Morgan fingerprint density at radius 3 is 2.54 bits per heavy atom. The number of carbonyl (C=O) groups excluding carboxylic acids is 1. The predicted octanol–water partition coefficient (Wildman–Crippen LogP) is 4.95. The number of hydrogen-bond acceptors (Lipinski definition) is 5. The molecule has 3 aromatic carbocycles. The molecule has 7 heteroatoms. The van der Waals surface area contributed by atoms with Crippen molar-refractivity contribution in [2.24, 2.45) is 5.10 Å². The highest BCUT2D eigenvalue weighted by molar-refractivity contribution is 6.04. The maximum absolute atomic E-state index is 14.2. The third-order valence-corrected chi connectivity index (χ3v) is 7.27. The van der Waals surface area contributed by atoms with Crippen LogP contribution in [0, 0.1) is 19.7 Å². The summed E-state index contributed by atoms with van der Waals surface area (Å²) < 4.78 is 19.7. The van der Waals surface area contributed by atoms with E-state index in [0.29, 0.717) is 38.3 Å². The number of halogens is 1. The first-order valence-electron chi connectivity index (χ1n) is 12.8. The van der Waals surface area contributed by atoms with Crippen LogP contribution in [0.2, 0.25) is 0 Å². The van der Waals surface area contributed by atoms with Gasteiger partial charge in [-0.15, -0.1) is 0 Å². The molecule has 0 bridgehead atoms. The fourth-order valence-corrected chi connectivity index (χ4v) is 5.18. The molecule has 1 saturated heterocycles. The number of hydrogen-bond donors (Lipinski definition) is 0. The topological polar surface area (TPSA) is 48.4 Å². The Kier molecular flexibility index (Phi) is 7.24. The molecule has 0 radical (unpaired) electrons. The van der Waals surface area contributed by atoms with Crippen LogP contribution in [-0.2, 0) is 4.79 Å². The average Bonchev–Trinajstić information content (AvgIpc) is 3.36. The summed E-state index contributed by atoms with van der Waals surface area (Å²) in [5.41, 5.74) is 5.94. The van der Waals surface area contributed by atoms with Gasteiger partial charge in [-0.05, 0) is 55.3 Å². The van der Waals surface area contributed by atoms with Gasteiger partial charge in [0.2, 0.25) is 0 Å². The Hall–Kier alpha value is -3.71. The summed E-state index contributed by atoms with van der Waals surface area (Å²) in [6.07, 6.45) is 0.643. The zero-order valence-electron chi connectivity index (χ0n) is 21.7. The summed E-state index contributed by atoms with van der Waals surface area (Å²) >= 11 is 0. The number of carbonyl (C=O) groups is 1. The minimum Gasteiger partial charge on any atom is -0.497 e. The molecule has 192 valence electrons. The van der Waals surface area contributed by atoms with Crippen LogP contribution in [0.5, 0.6) is 5.75 Å². The zero-order chi connectivity index (χ0) is 25.9. The normalized spacial score (nSPS) is 18.2. The standard InChI is InChI=1S/C30H33FN4O2/c1-21-11-12-22(2)25(17-21)27-19-29(23-7-6-8-24(18-23)37-3)35(32-27)30(36)20-33-13-15-34(16-14-33)28-10-5-4-9-26(28)31/h4-12,17-18,29H,13-16,19-20H2,1-3H3/t29-/m0/s1. The number of methoxy groups -OCH3 is 1. The molecule has 0 N–H and O–H groups in total. The fraction of sp³-hybridized carbons (Fsp3) is 0.333. The molecule has 37 heavy (non-hydrogen) atoms. The SMILES string of the molecule is COc1cccc([C@@H]2CC(c3cc(C)ccc3C)=NN2C(=O)CN2CCN(c3ccccc3F)CC2)c1. The van der Waals surface area contributed by atoms with Crippen LogP contribution in [0.15, 0.2) is 71.8 Å². The first kappa shape index (κ1) is 25.0. The van der Waals surface area contributed by atoms with E-state index in [-0.39, 0.29) is 24.3 Å². The summed E-state index contributed by atoms with van der Waals surface area (Å²) in [4.78, 5) is 17.8. The molecule has 0 spiro atoms. The van der Waals surface area contributed by atoms with Crippen molar-refractivity contribution in [1.29, 1.82) is 0 Å². The largest absolute Gasteiger partial charge is 0.497 e. The summed E-state index contributed by atoms with van der Waals surface area (Å²) in [5, 5.41) is 6.55. The fourth-order valence-electron chi connectivity index (χ4n) is 5.18. The molecule has 2 aliphatic heterocycles. The van der Waals surface area contributed by atoms with Gasteiger partial charge in [-0.1, -0.05) is 42.0 Å². The molecule has 3 aromatic rings. The van der Waals surface area contributed by atoms with Gasteiger partial charge in [-0.2, -0.15) is 5.10 Å². The number of para-hydroxylation sites is 1. The highest BCUT2D eigenvalue weighted by Gasteiger charge is 2.35. The van der Waals surface area contributed by atoms with Crippen molar-refractivity contribution in [1.82, 2.24) is 9.91 Å². The Labute approximate surface area is 217 Å². The maximum Gasteiger partial charge on any atom is 0.257 e. The number of amides is 1. The van der Waals surface area contributed by atoms with Gasteiger partial charge < -0.3 is 9.64 Å². The van der Waals surface area contributed by atoms with Gasteiger partial charge in [0.15, 0.2) is 0 Å². The van der Waals surface area contributed by atoms with Crippen molar-refractivity contribution < 1.29 is 13.9 Å². The number of ether oxygens (including phenoxy) is 1. The van der Waals surface area contributed by atoms with Crippen LogP contribution in [0.3, 0.4) is 0 Å². The molecule has 2 heterocycles. The van der Waals surface area contributed by atoms with Crippen molar-refractivity contribution in [3.05, 3.63) is 94.8 Å². The van der Waals surface area contributed by atoms with Crippen molar-refractivity contribution in [3.8, 4) is 5.75 Å². The second-order valence-corrected chi connectivity index (χ2v) is 9.81. The van der Waals surface area contributed by atoms with E-state index in [1.165, 1.54) is 11.6 Å². The number of aryl methyl sites for hydroxylation is 2. The third kappa shape index (κ3) is 5.37. The Morgan fingerprint density at radius 2 is 1.78 bits per heavy atom. The predicted molar refractivity (Wildman–Crippen MR) is 145 cm³/mol. The van der Waals surface area contributed by atoms with E-state index in [1.807, 2.05) is 41.3 Å². The van der Waals surface area contributed by atoms with Crippen LogP contribution in [0.25, 0.3) is 0 Å². The van der Waals surface area contributed by atoms with Crippen molar-refractivity contribution in [2.45, 2.75) is 26.3 Å². The van der Waals surface area contributed by atoms with Crippen molar-refractivity contribution in [3.63, 3.8) is 0 Å². The minimum absolute atomic E-state index is 0.0348. The first-order valence-corrected chi connectivity index (χ1v) is 12.8. The van der Waals surface area contributed by atoms with E-state index in [9.17, 15) is 9.18 Å². The Bertz CT molecular complexity index is 1320. The lowest BCUT2D eigenvalue weighted by Gasteiger charge is -2.36. The van der Waals surface area contributed by atoms with Crippen LogP contribution in [-0.4, -0.2) is 61.4 Å². The molecule has 1 amide bonds. The van der Waals surface area contributed by atoms with E-state index in [0.717, 1.165) is 28.2 Å². The molecular formula is C30H33FN4O2. The van der Waals surface area contributed by atoms with Gasteiger partial charge in [0.1, 0.15) is 11.6 Å². The summed E-state index contributed by atoms with van der Waals surface area (Å²) in [5.74, 6) is 0.514. The van der Waals surface area contributed by atoms with Gasteiger partial charge >= 0.3 is 0 Å². The van der Waals surface area contributed by atoms with E-state index >= 15 is 0 Å². The van der Waals surface area contributed by atoms with E-state index in [4.69, 9.17) is 9.84 Å². The van der Waals surface area contributed by atoms with E-state index < -0.39 is 0 Å². The lowest BCUT2D eigenvalue weighted by atomic mass is 9.95. The third-order valence-electron chi connectivity index (χ3n) is 7.27. The van der Waals surface area contributed by atoms with E-state index in [2.05, 4.69) is 36.9 Å². The monoisotopic (exact) mass is 500 g/mol.